The minimum Gasteiger partial charge on any atom is -0.327 e. The minimum absolute atomic E-state index is 0.0622. The van der Waals surface area contributed by atoms with Gasteiger partial charge in [-0.15, -0.1) is 0 Å². The van der Waals surface area contributed by atoms with Crippen molar-refractivity contribution in [2.24, 2.45) is 5.73 Å². The highest BCUT2D eigenvalue weighted by atomic mass is 35.5. The van der Waals surface area contributed by atoms with Crippen molar-refractivity contribution in [3.05, 3.63) is 40.4 Å². The molecule has 5 heteroatoms. The van der Waals surface area contributed by atoms with E-state index in [0.717, 1.165) is 6.07 Å². The molecule has 0 unspecified atom stereocenters. The maximum absolute atomic E-state index is 12.5. The average Bonchev–Trinajstić information content (AvgIpc) is 2.14. The highest BCUT2D eigenvalue weighted by Gasteiger charge is 2.32. The molecule has 0 heterocycles. The fourth-order valence-electron chi connectivity index (χ4n) is 1.11. The second kappa shape index (κ2) is 4.68. The largest absolute Gasteiger partial charge is 0.417 e. The zero-order valence-corrected chi connectivity index (χ0v) is 8.44. The highest BCUT2D eigenvalue weighted by molar-refractivity contribution is 6.30. The number of hydrogen-bond donors (Lipinski definition) is 1. The van der Waals surface area contributed by atoms with Gasteiger partial charge in [0.2, 0.25) is 0 Å². The summed E-state index contributed by atoms with van der Waals surface area (Å²) in [7, 11) is 0. The van der Waals surface area contributed by atoms with E-state index in [0.29, 0.717) is 0 Å². The molecule has 0 aromatic heterocycles. The van der Waals surface area contributed by atoms with E-state index in [1.165, 1.54) is 24.3 Å². The van der Waals surface area contributed by atoms with E-state index in [-0.39, 0.29) is 17.1 Å². The molecule has 0 amide bonds. The molecule has 0 saturated heterocycles. The lowest BCUT2D eigenvalue weighted by atomic mass is 10.1. The number of halogens is 4. The second-order valence-electron chi connectivity index (χ2n) is 2.87. The van der Waals surface area contributed by atoms with Crippen LogP contribution in [0.15, 0.2) is 24.3 Å². The van der Waals surface area contributed by atoms with Crippen LogP contribution in [-0.4, -0.2) is 6.54 Å². The topological polar surface area (TPSA) is 26.0 Å². The van der Waals surface area contributed by atoms with Crippen LogP contribution in [0.3, 0.4) is 0 Å². The summed E-state index contributed by atoms with van der Waals surface area (Å²) < 4.78 is 37.6. The van der Waals surface area contributed by atoms with Crippen molar-refractivity contribution < 1.29 is 13.2 Å². The Hall–Kier alpha value is -1.00. The van der Waals surface area contributed by atoms with Crippen LogP contribution in [0.5, 0.6) is 0 Å². The zero-order valence-electron chi connectivity index (χ0n) is 7.68. The summed E-state index contributed by atoms with van der Waals surface area (Å²) in [6.45, 7) is 0.194. The molecule has 0 aliphatic carbocycles. The van der Waals surface area contributed by atoms with E-state index in [1.54, 1.807) is 0 Å². The van der Waals surface area contributed by atoms with E-state index < -0.39 is 11.7 Å². The van der Waals surface area contributed by atoms with Crippen LogP contribution in [0.25, 0.3) is 6.08 Å². The Morgan fingerprint density at radius 2 is 2.00 bits per heavy atom. The van der Waals surface area contributed by atoms with Crippen LogP contribution in [0.1, 0.15) is 11.1 Å². The average molecular weight is 236 g/mol. The molecule has 82 valence electrons. The first-order valence-corrected chi connectivity index (χ1v) is 4.56. The minimum atomic E-state index is -4.40. The summed E-state index contributed by atoms with van der Waals surface area (Å²) >= 11 is 5.51. The standard InChI is InChI=1S/C10H9ClF3N/c11-8-4-3-7(2-1-5-15)9(6-8)10(12,13)14/h1-4,6H,5,15H2/b2-1+. The van der Waals surface area contributed by atoms with Crippen LogP contribution >= 0.6 is 11.6 Å². The van der Waals surface area contributed by atoms with Gasteiger partial charge in [0.25, 0.3) is 0 Å². The van der Waals surface area contributed by atoms with Gasteiger partial charge in [-0.2, -0.15) is 13.2 Å². The lowest BCUT2D eigenvalue weighted by molar-refractivity contribution is -0.137. The van der Waals surface area contributed by atoms with Gasteiger partial charge < -0.3 is 5.73 Å². The predicted molar refractivity (Wildman–Crippen MR) is 54.5 cm³/mol. The molecule has 1 aromatic rings. The Morgan fingerprint density at radius 1 is 1.33 bits per heavy atom. The van der Waals surface area contributed by atoms with E-state index in [4.69, 9.17) is 17.3 Å². The Bertz CT molecular complexity index is 371. The molecular formula is C10H9ClF3N. The first kappa shape index (κ1) is 12.1. The molecule has 0 aliphatic rings. The Kier molecular flexibility index (Phi) is 3.77. The van der Waals surface area contributed by atoms with Crippen LogP contribution < -0.4 is 5.73 Å². The van der Waals surface area contributed by atoms with E-state index in [1.807, 2.05) is 0 Å². The Morgan fingerprint density at radius 3 is 2.53 bits per heavy atom. The van der Waals surface area contributed by atoms with Gasteiger partial charge in [-0.3, -0.25) is 0 Å². The highest BCUT2D eigenvalue weighted by Crippen LogP contribution is 2.34. The number of benzene rings is 1. The van der Waals surface area contributed by atoms with Crippen LogP contribution in [0, 0.1) is 0 Å². The molecule has 0 atom stereocenters. The summed E-state index contributed by atoms with van der Waals surface area (Å²) in [5.41, 5.74) is 4.49. The molecule has 15 heavy (non-hydrogen) atoms. The van der Waals surface area contributed by atoms with Crippen molar-refractivity contribution in [3.63, 3.8) is 0 Å². The van der Waals surface area contributed by atoms with Gasteiger partial charge in [-0.1, -0.05) is 29.8 Å². The summed E-state index contributed by atoms with van der Waals surface area (Å²) in [6.07, 6.45) is -1.61. The maximum Gasteiger partial charge on any atom is 0.417 e. The van der Waals surface area contributed by atoms with Crippen molar-refractivity contribution in [3.8, 4) is 0 Å². The molecule has 1 rings (SSSR count). The molecule has 1 nitrogen and oxygen atoms in total. The molecule has 0 spiro atoms. The summed E-state index contributed by atoms with van der Waals surface area (Å²) in [6, 6.07) is 3.63. The molecule has 2 N–H and O–H groups in total. The first-order chi connectivity index (χ1) is 6.95. The molecule has 1 aromatic carbocycles. The van der Waals surface area contributed by atoms with Gasteiger partial charge in [0.1, 0.15) is 0 Å². The normalized spacial score (nSPS) is 12.3. The zero-order chi connectivity index (χ0) is 11.5. The third-order valence-electron chi connectivity index (χ3n) is 1.75. The second-order valence-corrected chi connectivity index (χ2v) is 3.30. The van der Waals surface area contributed by atoms with E-state index >= 15 is 0 Å². The number of hydrogen-bond acceptors (Lipinski definition) is 1. The molecule has 0 bridgehead atoms. The molecule has 0 radical (unpaired) electrons. The fourth-order valence-corrected chi connectivity index (χ4v) is 1.29. The Balaban J connectivity index is 3.21. The number of rotatable bonds is 2. The van der Waals surface area contributed by atoms with Crippen molar-refractivity contribution in [2.75, 3.05) is 6.54 Å². The van der Waals surface area contributed by atoms with Crippen LogP contribution in [-0.2, 0) is 6.18 Å². The quantitative estimate of drug-likeness (QED) is 0.836. The number of alkyl halides is 3. The predicted octanol–water partition coefficient (Wildman–Crippen LogP) is 3.33. The molecular weight excluding hydrogens is 227 g/mol. The summed E-state index contributed by atoms with van der Waals surface area (Å²) in [5, 5.41) is 0.0622. The Labute approximate surface area is 90.3 Å². The van der Waals surface area contributed by atoms with Gasteiger partial charge in [-0.05, 0) is 17.7 Å². The van der Waals surface area contributed by atoms with E-state index in [9.17, 15) is 13.2 Å². The van der Waals surface area contributed by atoms with Crippen LogP contribution in [0.4, 0.5) is 13.2 Å². The third-order valence-corrected chi connectivity index (χ3v) is 1.99. The van der Waals surface area contributed by atoms with Crippen molar-refractivity contribution in [1.29, 1.82) is 0 Å². The monoisotopic (exact) mass is 235 g/mol. The summed E-state index contributed by atoms with van der Waals surface area (Å²) in [4.78, 5) is 0. The molecule has 0 fully saturated rings. The van der Waals surface area contributed by atoms with E-state index in [2.05, 4.69) is 0 Å². The fraction of sp³-hybridized carbons (Fsp3) is 0.200. The third kappa shape index (κ3) is 3.25. The molecule has 0 saturated carbocycles. The lowest BCUT2D eigenvalue weighted by Crippen LogP contribution is -2.07. The van der Waals surface area contributed by atoms with Gasteiger partial charge in [0.15, 0.2) is 0 Å². The maximum atomic E-state index is 12.5. The van der Waals surface area contributed by atoms with Crippen molar-refractivity contribution >= 4 is 17.7 Å². The van der Waals surface area contributed by atoms with Crippen LogP contribution in [0.2, 0.25) is 5.02 Å². The van der Waals surface area contributed by atoms with Crippen molar-refractivity contribution in [2.45, 2.75) is 6.18 Å². The molecule has 0 aliphatic heterocycles. The summed E-state index contributed by atoms with van der Waals surface area (Å²) in [5.74, 6) is 0. The lowest BCUT2D eigenvalue weighted by Gasteiger charge is -2.10. The van der Waals surface area contributed by atoms with Gasteiger partial charge >= 0.3 is 6.18 Å². The van der Waals surface area contributed by atoms with Gasteiger partial charge in [0, 0.05) is 11.6 Å². The van der Waals surface area contributed by atoms with Gasteiger partial charge in [-0.25, -0.2) is 0 Å². The smallest absolute Gasteiger partial charge is 0.327 e. The van der Waals surface area contributed by atoms with Gasteiger partial charge in [0.05, 0.1) is 5.56 Å². The van der Waals surface area contributed by atoms with Crippen molar-refractivity contribution in [1.82, 2.24) is 0 Å². The first-order valence-electron chi connectivity index (χ1n) is 4.18. The number of nitrogens with two attached hydrogens (primary N) is 1. The SMILES string of the molecule is NC/C=C/c1ccc(Cl)cc1C(F)(F)F.